The Bertz CT molecular complexity index is 749. The molecule has 2 fully saturated rings. The van der Waals surface area contributed by atoms with E-state index in [1.807, 2.05) is 26.8 Å². The predicted octanol–water partition coefficient (Wildman–Crippen LogP) is 3.05. The van der Waals surface area contributed by atoms with Gasteiger partial charge in [-0.15, -0.1) is 0 Å². The summed E-state index contributed by atoms with van der Waals surface area (Å²) in [6.07, 6.45) is 4.77. The number of hydrogen-bond donors (Lipinski definition) is 2. The minimum Gasteiger partial charge on any atom is -0.477 e. The summed E-state index contributed by atoms with van der Waals surface area (Å²) in [6.45, 7) is 8.26. The second-order valence-electron chi connectivity index (χ2n) is 9.64. The molecule has 1 atom stereocenters. The molecule has 0 spiro atoms. The molecule has 2 aliphatic rings. The van der Waals surface area contributed by atoms with E-state index in [9.17, 15) is 9.59 Å². The van der Waals surface area contributed by atoms with Crippen LogP contribution in [-0.2, 0) is 9.53 Å². The second kappa shape index (κ2) is 9.77. The molecule has 1 aromatic heterocycles. The van der Waals surface area contributed by atoms with Crippen LogP contribution in [-0.4, -0.2) is 49.7 Å². The maximum atomic E-state index is 12.9. The fraction of sp³-hybridized carbons (Fsp3) is 0.696. The number of amides is 2. The van der Waals surface area contributed by atoms with Gasteiger partial charge in [-0.05, 0) is 55.4 Å². The Labute approximate surface area is 179 Å². The lowest BCUT2D eigenvalue weighted by atomic mass is 9.87. The molecule has 30 heavy (non-hydrogen) atoms. The average Bonchev–Trinajstić information content (AvgIpc) is 3.56. The number of ether oxygens (including phenoxy) is 2. The van der Waals surface area contributed by atoms with Gasteiger partial charge in [-0.3, -0.25) is 9.59 Å². The summed E-state index contributed by atoms with van der Waals surface area (Å²) in [5, 5.41) is 5.49. The molecule has 1 aromatic rings. The number of hydrogen-bond acceptors (Lipinski definition) is 5. The number of nitrogens with zero attached hydrogens (tertiary/aromatic N) is 1. The number of nitrogens with one attached hydrogen (secondary N) is 2. The molecule has 7 nitrogen and oxygen atoms in total. The van der Waals surface area contributed by atoms with Crippen LogP contribution >= 0.6 is 0 Å². The number of pyridine rings is 1. The van der Waals surface area contributed by atoms with E-state index in [2.05, 4.69) is 15.6 Å². The van der Waals surface area contributed by atoms with Crippen molar-refractivity contribution < 1.29 is 19.1 Å². The number of likely N-dealkylation sites (N-methyl/N-ethyl adjacent to an activating group) is 1. The first kappa shape index (κ1) is 22.5. The summed E-state index contributed by atoms with van der Waals surface area (Å²) in [6, 6.07) is 3.08. The van der Waals surface area contributed by atoms with E-state index < -0.39 is 6.04 Å². The molecule has 2 amide bonds. The van der Waals surface area contributed by atoms with Gasteiger partial charge in [-0.1, -0.05) is 26.8 Å². The van der Waals surface area contributed by atoms with Crippen LogP contribution < -0.4 is 15.4 Å². The molecule has 1 saturated heterocycles. The average molecular weight is 418 g/mol. The third-order valence-electron chi connectivity index (χ3n) is 5.62. The third-order valence-corrected chi connectivity index (χ3v) is 5.62. The topological polar surface area (TPSA) is 89.6 Å². The van der Waals surface area contributed by atoms with Crippen LogP contribution in [0.25, 0.3) is 0 Å². The van der Waals surface area contributed by atoms with Crippen molar-refractivity contribution in [3.05, 3.63) is 23.4 Å². The van der Waals surface area contributed by atoms with E-state index in [0.29, 0.717) is 30.7 Å². The lowest BCUT2D eigenvalue weighted by Gasteiger charge is -2.25. The van der Waals surface area contributed by atoms with Crippen molar-refractivity contribution in [2.75, 3.05) is 26.9 Å². The number of aromatic nitrogens is 1. The minimum atomic E-state index is -0.612. The van der Waals surface area contributed by atoms with E-state index >= 15 is 0 Å². The zero-order chi connectivity index (χ0) is 21.7. The van der Waals surface area contributed by atoms with Gasteiger partial charge < -0.3 is 20.1 Å². The van der Waals surface area contributed by atoms with Crippen molar-refractivity contribution in [2.24, 2.45) is 11.3 Å². The van der Waals surface area contributed by atoms with Crippen LogP contribution in [0.4, 0.5) is 0 Å². The van der Waals surface area contributed by atoms with Gasteiger partial charge in [0.1, 0.15) is 11.7 Å². The summed E-state index contributed by atoms with van der Waals surface area (Å²) < 4.78 is 11.5. The highest BCUT2D eigenvalue weighted by molar-refractivity contribution is 5.96. The number of carbonyl (C=O) groups excluding carboxylic acids is 2. The van der Waals surface area contributed by atoms with Crippen molar-refractivity contribution >= 4 is 11.8 Å². The first-order valence-electron chi connectivity index (χ1n) is 11.0. The third kappa shape index (κ3) is 6.42. The van der Waals surface area contributed by atoms with E-state index in [1.54, 1.807) is 13.1 Å². The maximum Gasteiger partial charge on any atom is 0.270 e. The van der Waals surface area contributed by atoms with Gasteiger partial charge in [0.05, 0.1) is 6.61 Å². The number of rotatable bonds is 8. The smallest absolute Gasteiger partial charge is 0.270 e. The summed E-state index contributed by atoms with van der Waals surface area (Å²) >= 11 is 0. The van der Waals surface area contributed by atoms with Gasteiger partial charge in [-0.2, -0.15) is 0 Å². The molecule has 1 aliphatic carbocycles. The van der Waals surface area contributed by atoms with E-state index in [-0.39, 0.29) is 22.9 Å². The van der Waals surface area contributed by atoms with Crippen LogP contribution in [0.15, 0.2) is 12.1 Å². The fourth-order valence-corrected chi connectivity index (χ4v) is 3.74. The maximum absolute atomic E-state index is 12.9. The van der Waals surface area contributed by atoms with Gasteiger partial charge >= 0.3 is 0 Å². The molecule has 2 heterocycles. The Hall–Kier alpha value is -2.15. The number of carbonyl (C=O) groups is 2. The van der Waals surface area contributed by atoms with Crippen molar-refractivity contribution in [1.82, 2.24) is 15.6 Å². The van der Waals surface area contributed by atoms with Crippen LogP contribution in [0.3, 0.4) is 0 Å². The van der Waals surface area contributed by atoms with Crippen LogP contribution in [0, 0.1) is 11.3 Å². The minimum absolute atomic E-state index is 0.105. The zero-order valence-corrected chi connectivity index (χ0v) is 18.6. The largest absolute Gasteiger partial charge is 0.477 e. The second-order valence-corrected chi connectivity index (χ2v) is 9.64. The summed E-state index contributed by atoms with van der Waals surface area (Å²) in [5.74, 6) is 0.923. The van der Waals surface area contributed by atoms with Gasteiger partial charge in [0.25, 0.3) is 5.91 Å². The molecule has 0 bridgehead atoms. The first-order chi connectivity index (χ1) is 14.3. The zero-order valence-electron chi connectivity index (χ0n) is 18.6. The lowest BCUT2D eigenvalue weighted by Crippen LogP contribution is -2.47. The quantitative estimate of drug-likeness (QED) is 0.679. The van der Waals surface area contributed by atoms with Gasteiger partial charge in [0.15, 0.2) is 0 Å². The Balaban J connectivity index is 1.72. The van der Waals surface area contributed by atoms with Gasteiger partial charge in [0, 0.05) is 25.8 Å². The Morgan fingerprint density at radius 3 is 2.50 bits per heavy atom. The standard InChI is InChI=1S/C23H35N3O4/c1-23(2,3)13-19(20(27)24-4)25-21(28)18-8-7-17(16-5-6-16)22(26-18)30-14-15-9-11-29-12-10-15/h7-8,15-16,19H,5-6,9-14H2,1-4H3,(H,24,27)(H,25,28). The normalized spacial score (nSPS) is 18.5. The molecule has 166 valence electrons. The summed E-state index contributed by atoms with van der Waals surface area (Å²) in [4.78, 5) is 29.7. The van der Waals surface area contributed by atoms with E-state index in [4.69, 9.17) is 9.47 Å². The molecule has 1 saturated carbocycles. The molecular formula is C23H35N3O4. The predicted molar refractivity (Wildman–Crippen MR) is 115 cm³/mol. The Morgan fingerprint density at radius 1 is 1.20 bits per heavy atom. The monoisotopic (exact) mass is 417 g/mol. The van der Waals surface area contributed by atoms with Gasteiger partial charge in [-0.25, -0.2) is 4.98 Å². The van der Waals surface area contributed by atoms with E-state index in [1.165, 1.54) is 0 Å². The highest BCUT2D eigenvalue weighted by Gasteiger charge is 2.30. The van der Waals surface area contributed by atoms with Crippen molar-refractivity contribution in [3.63, 3.8) is 0 Å². The first-order valence-corrected chi connectivity index (χ1v) is 11.0. The molecule has 1 aliphatic heterocycles. The fourth-order valence-electron chi connectivity index (χ4n) is 3.74. The van der Waals surface area contributed by atoms with Crippen molar-refractivity contribution in [1.29, 1.82) is 0 Å². The van der Waals surface area contributed by atoms with Crippen molar-refractivity contribution in [2.45, 2.75) is 64.8 Å². The highest BCUT2D eigenvalue weighted by Crippen LogP contribution is 2.43. The van der Waals surface area contributed by atoms with Crippen LogP contribution in [0.1, 0.15) is 74.8 Å². The van der Waals surface area contributed by atoms with E-state index in [0.717, 1.165) is 44.5 Å². The molecule has 0 aromatic carbocycles. The lowest BCUT2D eigenvalue weighted by molar-refractivity contribution is -0.123. The van der Waals surface area contributed by atoms with Crippen LogP contribution in [0.5, 0.6) is 5.88 Å². The molecular weight excluding hydrogens is 382 g/mol. The Kier molecular flexibility index (Phi) is 7.34. The van der Waals surface area contributed by atoms with Crippen LogP contribution in [0.2, 0.25) is 0 Å². The molecule has 0 radical (unpaired) electrons. The highest BCUT2D eigenvalue weighted by atomic mass is 16.5. The van der Waals surface area contributed by atoms with Crippen molar-refractivity contribution in [3.8, 4) is 5.88 Å². The van der Waals surface area contributed by atoms with Gasteiger partial charge in [0.2, 0.25) is 11.8 Å². The molecule has 2 N–H and O–H groups in total. The molecule has 1 unspecified atom stereocenters. The molecule has 7 heteroatoms. The summed E-state index contributed by atoms with van der Waals surface area (Å²) in [5.41, 5.74) is 1.26. The SMILES string of the molecule is CNC(=O)C(CC(C)(C)C)NC(=O)c1ccc(C2CC2)c(OCC2CCOCC2)n1. The summed E-state index contributed by atoms with van der Waals surface area (Å²) in [7, 11) is 1.58. The molecule has 3 rings (SSSR count). The Morgan fingerprint density at radius 2 is 1.90 bits per heavy atom.